The second kappa shape index (κ2) is 5.16. The number of amides is 1. The Bertz CT molecular complexity index is 630. The minimum Gasteiger partial charge on any atom is -0.482 e. The molecule has 0 saturated carbocycles. The molecule has 102 valence electrons. The van der Waals surface area contributed by atoms with Crippen LogP contribution in [0.25, 0.3) is 0 Å². The normalized spacial score (nSPS) is 14.8. The molecule has 1 aliphatic heterocycles. The number of carbonyl (C=O) groups is 1. The Labute approximate surface area is 116 Å². The lowest BCUT2D eigenvalue weighted by Gasteiger charge is -2.20. The first-order chi connectivity index (χ1) is 9.72. The summed E-state index contributed by atoms with van der Waals surface area (Å²) in [5.74, 6) is 1.12. The number of nitrogens with one attached hydrogen (secondary N) is 2. The zero-order valence-corrected chi connectivity index (χ0v) is 11.0. The first-order valence-electron chi connectivity index (χ1n) is 6.32. The summed E-state index contributed by atoms with van der Waals surface area (Å²) < 4.78 is 5.33. The van der Waals surface area contributed by atoms with Gasteiger partial charge in [0.2, 0.25) is 5.95 Å². The molecule has 1 aromatic heterocycles. The van der Waals surface area contributed by atoms with Gasteiger partial charge in [0.15, 0.2) is 6.61 Å². The summed E-state index contributed by atoms with van der Waals surface area (Å²) in [5.41, 5.74) is 1.71. The largest absolute Gasteiger partial charge is 0.482 e. The van der Waals surface area contributed by atoms with Gasteiger partial charge in [0.05, 0.1) is 11.7 Å². The highest BCUT2D eigenvalue weighted by molar-refractivity contribution is 5.95. The van der Waals surface area contributed by atoms with Crippen molar-refractivity contribution in [3.63, 3.8) is 0 Å². The molecule has 0 unspecified atom stereocenters. The van der Waals surface area contributed by atoms with Crippen molar-refractivity contribution >= 4 is 17.5 Å². The quantitative estimate of drug-likeness (QED) is 0.892. The molecular formula is C14H14N4O2. The molecule has 6 heteroatoms. The predicted octanol–water partition coefficient (Wildman–Crippen LogP) is 1.98. The van der Waals surface area contributed by atoms with Gasteiger partial charge in [-0.25, -0.2) is 9.97 Å². The third-order valence-electron chi connectivity index (χ3n) is 3.05. The van der Waals surface area contributed by atoms with E-state index in [9.17, 15) is 4.79 Å². The average molecular weight is 270 g/mol. The molecule has 1 atom stereocenters. The van der Waals surface area contributed by atoms with Gasteiger partial charge < -0.3 is 15.4 Å². The Balaban J connectivity index is 1.80. The lowest BCUT2D eigenvalue weighted by molar-refractivity contribution is -0.118. The molecule has 1 aromatic carbocycles. The van der Waals surface area contributed by atoms with Gasteiger partial charge in [0, 0.05) is 12.4 Å². The number of ether oxygens (including phenoxy) is 1. The number of benzene rings is 1. The van der Waals surface area contributed by atoms with Gasteiger partial charge in [-0.3, -0.25) is 4.79 Å². The van der Waals surface area contributed by atoms with Crippen molar-refractivity contribution in [2.45, 2.75) is 13.0 Å². The first kappa shape index (κ1) is 12.4. The van der Waals surface area contributed by atoms with Gasteiger partial charge >= 0.3 is 0 Å². The predicted molar refractivity (Wildman–Crippen MR) is 74.6 cm³/mol. The number of hydrogen-bond donors (Lipinski definition) is 2. The van der Waals surface area contributed by atoms with Crippen LogP contribution in [0.4, 0.5) is 11.6 Å². The summed E-state index contributed by atoms with van der Waals surface area (Å²) in [7, 11) is 0. The van der Waals surface area contributed by atoms with Crippen molar-refractivity contribution in [2.24, 2.45) is 0 Å². The second-order valence-electron chi connectivity index (χ2n) is 4.53. The number of hydrogen-bond acceptors (Lipinski definition) is 5. The summed E-state index contributed by atoms with van der Waals surface area (Å²) in [5, 5.41) is 6.00. The summed E-state index contributed by atoms with van der Waals surface area (Å²) in [6.07, 6.45) is 3.37. The smallest absolute Gasteiger partial charge is 0.262 e. The molecule has 1 amide bonds. The van der Waals surface area contributed by atoms with Gasteiger partial charge in [-0.1, -0.05) is 6.07 Å². The van der Waals surface area contributed by atoms with Crippen molar-refractivity contribution < 1.29 is 9.53 Å². The van der Waals surface area contributed by atoms with Crippen LogP contribution in [0.1, 0.15) is 18.5 Å². The van der Waals surface area contributed by atoms with Gasteiger partial charge in [-0.05, 0) is 30.7 Å². The van der Waals surface area contributed by atoms with Crippen molar-refractivity contribution in [1.29, 1.82) is 0 Å². The lowest BCUT2D eigenvalue weighted by Crippen LogP contribution is -2.25. The molecule has 2 N–H and O–H groups in total. The summed E-state index contributed by atoms with van der Waals surface area (Å²) in [6.45, 7) is 2.07. The molecule has 0 radical (unpaired) electrons. The number of nitrogens with zero attached hydrogens (tertiary/aromatic N) is 2. The van der Waals surface area contributed by atoms with E-state index in [1.54, 1.807) is 18.5 Å². The van der Waals surface area contributed by atoms with E-state index in [0.717, 1.165) is 5.56 Å². The molecular weight excluding hydrogens is 256 g/mol. The number of carbonyl (C=O) groups excluding carboxylic acids is 1. The van der Waals surface area contributed by atoms with E-state index < -0.39 is 0 Å². The van der Waals surface area contributed by atoms with Crippen molar-refractivity contribution in [3.05, 3.63) is 42.2 Å². The first-order valence-corrected chi connectivity index (χ1v) is 6.32. The number of anilines is 2. The average Bonchev–Trinajstić information content (AvgIpc) is 2.47. The van der Waals surface area contributed by atoms with Crippen molar-refractivity contribution in [3.8, 4) is 5.75 Å². The Morgan fingerprint density at radius 3 is 2.95 bits per heavy atom. The van der Waals surface area contributed by atoms with Crippen LogP contribution >= 0.6 is 0 Å². The van der Waals surface area contributed by atoms with Crippen LogP contribution in [0.5, 0.6) is 5.75 Å². The molecule has 0 saturated heterocycles. The Hall–Kier alpha value is -2.63. The Kier molecular flexibility index (Phi) is 3.20. The summed E-state index contributed by atoms with van der Waals surface area (Å²) in [6, 6.07) is 7.49. The van der Waals surface area contributed by atoms with Crippen molar-refractivity contribution in [1.82, 2.24) is 9.97 Å². The van der Waals surface area contributed by atoms with Crippen LogP contribution in [0.2, 0.25) is 0 Å². The molecule has 0 spiro atoms. The third-order valence-corrected chi connectivity index (χ3v) is 3.05. The minimum atomic E-state index is -0.137. The fourth-order valence-corrected chi connectivity index (χ4v) is 2.02. The van der Waals surface area contributed by atoms with E-state index in [0.29, 0.717) is 17.4 Å². The molecule has 0 aliphatic carbocycles. The third kappa shape index (κ3) is 2.54. The molecule has 1 aliphatic rings. The maximum absolute atomic E-state index is 11.3. The fourth-order valence-electron chi connectivity index (χ4n) is 2.02. The van der Waals surface area contributed by atoms with Crippen LogP contribution < -0.4 is 15.4 Å². The Morgan fingerprint density at radius 2 is 2.15 bits per heavy atom. The molecule has 2 heterocycles. The van der Waals surface area contributed by atoms with Crippen LogP contribution in [0, 0.1) is 0 Å². The monoisotopic (exact) mass is 270 g/mol. The maximum atomic E-state index is 11.3. The summed E-state index contributed by atoms with van der Waals surface area (Å²) >= 11 is 0. The van der Waals surface area contributed by atoms with E-state index in [2.05, 4.69) is 20.6 Å². The molecule has 6 nitrogen and oxygen atoms in total. The highest BCUT2D eigenvalue weighted by Crippen LogP contribution is 2.31. The van der Waals surface area contributed by atoms with Gasteiger partial charge in [0.1, 0.15) is 5.75 Å². The SMILES string of the molecule is C[C@@H](Nc1ncccn1)c1ccc2c(c1)NC(=O)CO2. The van der Waals surface area contributed by atoms with E-state index in [1.807, 2.05) is 25.1 Å². The summed E-state index contributed by atoms with van der Waals surface area (Å²) in [4.78, 5) is 19.6. The fraction of sp³-hybridized carbons (Fsp3) is 0.214. The van der Waals surface area contributed by atoms with Gasteiger partial charge in [0.25, 0.3) is 5.91 Å². The second-order valence-corrected chi connectivity index (χ2v) is 4.53. The lowest BCUT2D eigenvalue weighted by atomic mass is 10.1. The standard InChI is InChI=1S/C14H14N4O2/c1-9(17-14-15-5-2-6-16-14)10-3-4-12-11(7-10)18-13(19)8-20-12/h2-7,9H,8H2,1H3,(H,18,19)(H,15,16,17)/t9-/m1/s1. The van der Waals surface area contributed by atoms with Gasteiger partial charge in [-0.15, -0.1) is 0 Å². The van der Waals surface area contributed by atoms with Crippen LogP contribution in [-0.2, 0) is 4.79 Å². The molecule has 0 bridgehead atoms. The minimum absolute atomic E-state index is 0.0153. The van der Waals surface area contributed by atoms with E-state index in [-0.39, 0.29) is 18.6 Å². The van der Waals surface area contributed by atoms with Crippen LogP contribution in [0.15, 0.2) is 36.7 Å². The zero-order chi connectivity index (χ0) is 13.9. The van der Waals surface area contributed by atoms with Crippen molar-refractivity contribution in [2.75, 3.05) is 17.2 Å². The molecule has 0 fully saturated rings. The molecule has 2 aromatic rings. The Morgan fingerprint density at radius 1 is 1.35 bits per heavy atom. The maximum Gasteiger partial charge on any atom is 0.262 e. The molecule has 3 rings (SSSR count). The van der Waals surface area contributed by atoms with E-state index in [4.69, 9.17) is 4.74 Å². The van der Waals surface area contributed by atoms with Crippen LogP contribution in [-0.4, -0.2) is 22.5 Å². The molecule has 20 heavy (non-hydrogen) atoms. The zero-order valence-electron chi connectivity index (χ0n) is 11.0. The van der Waals surface area contributed by atoms with Crippen LogP contribution in [0.3, 0.4) is 0 Å². The number of aromatic nitrogens is 2. The highest BCUT2D eigenvalue weighted by atomic mass is 16.5. The highest BCUT2D eigenvalue weighted by Gasteiger charge is 2.17. The number of fused-ring (bicyclic) bond motifs is 1. The number of rotatable bonds is 3. The topological polar surface area (TPSA) is 76.1 Å². The van der Waals surface area contributed by atoms with E-state index >= 15 is 0 Å². The van der Waals surface area contributed by atoms with E-state index in [1.165, 1.54) is 0 Å². The van der Waals surface area contributed by atoms with Gasteiger partial charge in [-0.2, -0.15) is 0 Å².